The van der Waals surface area contributed by atoms with Crippen molar-refractivity contribution in [3.05, 3.63) is 0 Å². The number of carbonyl (C=O) groups excluding carboxylic acids is 9. The fourth-order valence-corrected chi connectivity index (χ4v) is 9.26. The monoisotopic (exact) mass is 1170 g/mol. The molecule has 1 saturated heterocycles. The summed E-state index contributed by atoms with van der Waals surface area (Å²) in [7, 11) is 0. The van der Waals surface area contributed by atoms with Crippen LogP contribution in [0.1, 0.15) is 172 Å². The Labute approximate surface area is 488 Å². The van der Waals surface area contributed by atoms with E-state index in [-0.39, 0.29) is 150 Å². The Morgan fingerprint density at radius 1 is 0.561 bits per heavy atom. The number of carbonyl (C=O) groups is 9. The molecule has 0 aromatic rings. The molecule has 0 spiro atoms. The van der Waals surface area contributed by atoms with Crippen molar-refractivity contribution in [3.8, 4) is 0 Å². The van der Waals surface area contributed by atoms with Crippen LogP contribution in [-0.4, -0.2) is 177 Å². The van der Waals surface area contributed by atoms with Gasteiger partial charge in [0.05, 0.1) is 13.2 Å². The summed E-state index contributed by atoms with van der Waals surface area (Å²) >= 11 is 0. The van der Waals surface area contributed by atoms with Crippen LogP contribution in [0.2, 0.25) is 0 Å². The zero-order valence-electron chi connectivity index (χ0n) is 51.2. The summed E-state index contributed by atoms with van der Waals surface area (Å²) in [6, 6.07) is -1.09. The van der Waals surface area contributed by atoms with Gasteiger partial charge in [-0.1, -0.05) is 68.7 Å². The second-order valence-corrected chi connectivity index (χ2v) is 23.1. The molecular weight excluding hydrogens is 1060 g/mol. The van der Waals surface area contributed by atoms with Gasteiger partial charge in [-0.15, -0.1) is 0 Å². The number of aliphatic hydroxyl groups is 3. The van der Waals surface area contributed by atoms with Crippen LogP contribution in [0.25, 0.3) is 0 Å². The second kappa shape index (κ2) is 42.7. The van der Waals surface area contributed by atoms with Crippen molar-refractivity contribution < 1.29 is 72.7 Å². The fraction of sp³-hybridized carbons (Fsp3) is 0.845. The Morgan fingerprint density at radius 2 is 1.06 bits per heavy atom. The van der Waals surface area contributed by atoms with Gasteiger partial charge in [-0.25, -0.2) is 0 Å². The molecule has 1 heterocycles. The Balaban J connectivity index is 3.05. The highest BCUT2D eigenvalue weighted by Crippen LogP contribution is 2.28. The van der Waals surface area contributed by atoms with Gasteiger partial charge in [-0.2, -0.15) is 0 Å². The van der Waals surface area contributed by atoms with E-state index in [0.717, 1.165) is 12.8 Å². The van der Waals surface area contributed by atoms with Gasteiger partial charge in [-0.05, 0) is 81.5 Å². The van der Waals surface area contributed by atoms with E-state index < -0.39 is 60.5 Å². The second-order valence-electron chi connectivity index (χ2n) is 23.1. The third-order valence-corrected chi connectivity index (χ3v) is 14.3. The molecule has 1 aliphatic heterocycles. The molecule has 1 aliphatic rings. The summed E-state index contributed by atoms with van der Waals surface area (Å²) in [6.07, 6.45) is -0.879. The first-order valence-electron chi connectivity index (χ1n) is 30.1. The highest BCUT2D eigenvalue weighted by molar-refractivity contribution is 5.81. The number of amides is 9. The summed E-state index contributed by atoms with van der Waals surface area (Å²) in [6.45, 7) is 21.7. The quantitative estimate of drug-likeness (QED) is 0.0387. The molecule has 10 unspecified atom stereocenters. The maximum absolute atomic E-state index is 13.9. The third kappa shape index (κ3) is 33.9. The first-order valence-corrected chi connectivity index (χ1v) is 30.1. The van der Waals surface area contributed by atoms with Crippen molar-refractivity contribution in [2.45, 2.75) is 208 Å². The summed E-state index contributed by atoms with van der Waals surface area (Å²) in [5.41, 5.74) is -1.20. The average Bonchev–Trinajstić information content (AvgIpc) is 3.46. The van der Waals surface area contributed by atoms with E-state index in [2.05, 4.69) is 75.5 Å². The largest absolute Gasteiger partial charge is 0.394 e. The lowest BCUT2D eigenvalue weighted by molar-refractivity contribution is -0.272. The average molecular weight is 1170 g/mol. The Hall–Kier alpha value is -5.01. The predicted molar refractivity (Wildman–Crippen MR) is 310 cm³/mol. The molecule has 12 N–H and O–H groups in total. The van der Waals surface area contributed by atoms with Crippen molar-refractivity contribution in [1.29, 1.82) is 0 Å². The van der Waals surface area contributed by atoms with Crippen molar-refractivity contribution in [3.63, 3.8) is 0 Å². The molecular formula is C58H107N9O15. The van der Waals surface area contributed by atoms with E-state index in [1.807, 2.05) is 6.92 Å². The zero-order valence-corrected chi connectivity index (χ0v) is 51.2. The summed E-state index contributed by atoms with van der Waals surface area (Å²) in [5.74, 6) is -2.25. The van der Waals surface area contributed by atoms with Crippen molar-refractivity contribution in [1.82, 2.24) is 47.9 Å². The van der Waals surface area contributed by atoms with Gasteiger partial charge in [0.1, 0.15) is 24.4 Å². The molecule has 10 atom stereocenters. The number of nitrogens with one attached hydrogen (secondary N) is 9. The van der Waals surface area contributed by atoms with E-state index in [1.54, 1.807) is 27.7 Å². The molecule has 24 nitrogen and oxygen atoms in total. The lowest BCUT2D eigenvalue weighted by atomic mass is 9.82. The van der Waals surface area contributed by atoms with Crippen LogP contribution in [0, 0.1) is 35.5 Å². The summed E-state index contributed by atoms with van der Waals surface area (Å²) in [4.78, 5) is 116. The molecule has 0 radical (unpaired) electrons. The fourth-order valence-electron chi connectivity index (χ4n) is 9.26. The van der Waals surface area contributed by atoms with E-state index in [1.165, 1.54) is 6.92 Å². The molecule has 0 aromatic carbocycles. The molecule has 474 valence electrons. The number of hydrogen-bond donors (Lipinski definition) is 12. The highest BCUT2D eigenvalue weighted by Gasteiger charge is 2.45. The van der Waals surface area contributed by atoms with Gasteiger partial charge < -0.3 is 77.4 Å². The Bertz CT molecular complexity index is 1910. The summed E-state index contributed by atoms with van der Waals surface area (Å²) < 4.78 is 17.4. The maximum Gasteiger partial charge on any atom is 0.222 e. The predicted octanol–water partition coefficient (Wildman–Crippen LogP) is 1.75. The first kappa shape index (κ1) is 75.0. The van der Waals surface area contributed by atoms with Crippen molar-refractivity contribution >= 4 is 53.2 Å². The lowest BCUT2D eigenvalue weighted by Crippen LogP contribution is -2.64. The van der Waals surface area contributed by atoms with E-state index in [0.29, 0.717) is 76.8 Å². The van der Waals surface area contributed by atoms with Gasteiger partial charge in [0.15, 0.2) is 6.29 Å². The Kier molecular flexibility index (Phi) is 39.1. The zero-order chi connectivity index (χ0) is 61.6. The molecule has 0 aliphatic carbocycles. The first-order chi connectivity index (χ1) is 38.8. The van der Waals surface area contributed by atoms with E-state index in [4.69, 9.17) is 14.2 Å². The van der Waals surface area contributed by atoms with Crippen LogP contribution in [-0.2, 0) is 57.4 Å². The minimum Gasteiger partial charge on any atom is -0.394 e. The SMILES string of the molecule is CCC(=O)NCCCNC(=O)CCC(CCC(=O)NCCCNC(=O)C(C)C)(CCC(=O)NCCCNC(=O)C(C)CC(C)COC1OC(CO)C(O)C(O)C1NC(C)=O)NC(=O)CCCC(=O)NCC(C)CC(CC)COCC(C)C. The van der Waals surface area contributed by atoms with Gasteiger partial charge >= 0.3 is 0 Å². The van der Waals surface area contributed by atoms with Crippen LogP contribution in [0.4, 0.5) is 0 Å². The van der Waals surface area contributed by atoms with Crippen LogP contribution < -0.4 is 47.9 Å². The lowest BCUT2D eigenvalue weighted by Gasteiger charge is -2.42. The normalized spacial score (nSPS) is 19.1. The van der Waals surface area contributed by atoms with Crippen molar-refractivity contribution in [2.24, 2.45) is 35.5 Å². The molecule has 0 saturated carbocycles. The van der Waals surface area contributed by atoms with Gasteiger partial charge in [0.25, 0.3) is 0 Å². The van der Waals surface area contributed by atoms with Crippen LogP contribution in [0.5, 0.6) is 0 Å². The van der Waals surface area contributed by atoms with Gasteiger partial charge in [-0.3, -0.25) is 43.2 Å². The van der Waals surface area contributed by atoms with Crippen molar-refractivity contribution in [2.75, 3.05) is 72.2 Å². The third-order valence-electron chi connectivity index (χ3n) is 14.3. The maximum atomic E-state index is 13.9. The minimum atomic E-state index is -1.45. The molecule has 0 aromatic heterocycles. The molecule has 24 heteroatoms. The van der Waals surface area contributed by atoms with Crippen LogP contribution in [0.3, 0.4) is 0 Å². The topological polar surface area (TPSA) is 350 Å². The molecule has 9 amide bonds. The minimum absolute atomic E-state index is 0.0264. The number of hydrogen-bond acceptors (Lipinski definition) is 15. The Morgan fingerprint density at radius 3 is 1.55 bits per heavy atom. The highest BCUT2D eigenvalue weighted by atomic mass is 16.7. The summed E-state index contributed by atoms with van der Waals surface area (Å²) in [5, 5.41) is 56.2. The molecule has 1 rings (SSSR count). The standard InChI is InChI=1S/C58H107N9O15/c1-11-44(37-80-35-38(3)4)32-40(7)33-65-47(71)17-13-18-51(75)67-58(22-19-48(72)60-26-14-25-59-46(70)12-2,23-20-49(73)61-27-15-29-63-55(78)39(5)6)24-21-50(74)62-28-16-30-64-56(79)42(9)31-41(8)36-81-57-52(66-43(10)69)54(77)53(76)45(34-68)82-57/h38-42,44-45,52-54,57,68,76-77H,11-37H2,1-10H3,(H,59,70)(H,60,72)(H,61,73)(H,62,74)(H,63,78)(H,64,79)(H,65,71)(H,66,69)(H,67,75). The molecule has 82 heavy (non-hydrogen) atoms. The van der Waals surface area contributed by atoms with E-state index >= 15 is 0 Å². The molecule has 1 fully saturated rings. The van der Waals surface area contributed by atoms with Gasteiger partial charge in [0, 0.05) is 122 Å². The van der Waals surface area contributed by atoms with Gasteiger partial charge in [0.2, 0.25) is 53.2 Å². The number of rotatable bonds is 45. The van der Waals surface area contributed by atoms with E-state index in [9.17, 15) is 58.5 Å². The van der Waals surface area contributed by atoms with Crippen LogP contribution >= 0.6 is 0 Å². The molecule has 0 bridgehead atoms. The number of aliphatic hydroxyl groups excluding tert-OH is 3. The smallest absolute Gasteiger partial charge is 0.222 e. The number of ether oxygens (including phenoxy) is 3. The van der Waals surface area contributed by atoms with Crippen LogP contribution in [0.15, 0.2) is 0 Å².